The fourth-order valence-electron chi connectivity index (χ4n) is 1.66. The minimum Gasteiger partial charge on any atom is -0.480 e. The van der Waals surface area contributed by atoms with Gasteiger partial charge in [0.05, 0.1) is 6.61 Å². The number of hydrogen-bond donors (Lipinski definition) is 2. The van der Waals surface area contributed by atoms with Gasteiger partial charge in [-0.25, -0.2) is 8.78 Å². The average molecular weight is 331 g/mol. The lowest BCUT2D eigenvalue weighted by Crippen LogP contribution is -2.45. The number of carbonyl (C=O) groups is 2. The van der Waals surface area contributed by atoms with Crippen molar-refractivity contribution in [3.8, 4) is 0 Å². The van der Waals surface area contributed by atoms with Crippen LogP contribution in [0.5, 0.6) is 0 Å². The van der Waals surface area contributed by atoms with Crippen LogP contribution in [-0.2, 0) is 25.7 Å². The quantitative estimate of drug-likeness (QED) is 0.468. The third kappa shape index (κ3) is 5.91. The Bertz CT molecular complexity index is 586. The number of benzene rings is 1. The summed E-state index contributed by atoms with van der Waals surface area (Å²) in [5.74, 6) is -5.96. The van der Waals surface area contributed by atoms with Crippen molar-refractivity contribution in [1.82, 2.24) is 0 Å². The van der Waals surface area contributed by atoms with E-state index in [0.29, 0.717) is 6.07 Å². The Labute approximate surface area is 132 Å². The molecule has 8 heteroatoms. The molecule has 0 radical (unpaired) electrons. The summed E-state index contributed by atoms with van der Waals surface area (Å²) in [6.45, 7) is 4.30. The largest absolute Gasteiger partial charge is 0.480 e. The van der Waals surface area contributed by atoms with Crippen LogP contribution in [-0.4, -0.2) is 28.9 Å². The number of ether oxygens (including phenoxy) is 2. The first-order chi connectivity index (χ1) is 10.5. The van der Waals surface area contributed by atoms with E-state index in [2.05, 4.69) is 0 Å². The molecular weight excluding hydrogens is 312 g/mol. The summed E-state index contributed by atoms with van der Waals surface area (Å²) in [4.78, 5) is 23.1. The number of carbonyl (C=O) groups excluding carboxylic acids is 1. The van der Waals surface area contributed by atoms with Crippen LogP contribution in [0.2, 0.25) is 0 Å². The Morgan fingerprint density at radius 1 is 1.30 bits per heavy atom. The summed E-state index contributed by atoms with van der Waals surface area (Å²) >= 11 is 0. The molecule has 1 aromatic carbocycles. The van der Waals surface area contributed by atoms with Crippen molar-refractivity contribution in [1.29, 1.82) is 0 Å². The van der Waals surface area contributed by atoms with Crippen molar-refractivity contribution in [3.63, 3.8) is 0 Å². The third-order valence-corrected chi connectivity index (χ3v) is 2.70. The second-order valence-electron chi connectivity index (χ2n) is 5.86. The number of hydrogen-bond acceptors (Lipinski definition) is 5. The molecule has 0 aromatic heterocycles. The highest BCUT2D eigenvalue weighted by atomic mass is 19.1. The second kappa shape index (κ2) is 7.47. The van der Waals surface area contributed by atoms with E-state index in [1.165, 1.54) is 0 Å². The Morgan fingerprint density at radius 3 is 2.39 bits per heavy atom. The van der Waals surface area contributed by atoms with Gasteiger partial charge < -0.3 is 20.3 Å². The van der Waals surface area contributed by atoms with E-state index in [-0.39, 0.29) is 5.56 Å². The van der Waals surface area contributed by atoms with Gasteiger partial charge in [0, 0.05) is 11.6 Å². The summed E-state index contributed by atoms with van der Waals surface area (Å²) in [6, 6.07) is 2.82. The molecule has 0 aliphatic carbocycles. The number of aliphatic carboxylic acids is 1. The molecule has 1 aromatic rings. The standard InChI is InChI=1S/C15H19F2NO5/c1-15(2,3)23-14(21)11(13(19)20)12(18)22-7-8-4-5-9(16)6-10(8)17/h4-6,11-12H,7,18H2,1-3H3,(H,19,20). The van der Waals surface area contributed by atoms with Crippen molar-refractivity contribution in [2.24, 2.45) is 11.7 Å². The number of rotatable bonds is 6. The first kappa shape index (κ1) is 19.0. The molecule has 2 unspecified atom stereocenters. The topological polar surface area (TPSA) is 98.9 Å². The molecule has 0 aliphatic heterocycles. The molecule has 128 valence electrons. The Hall–Kier alpha value is -2.06. The highest BCUT2D eigenvalue weighted by Crippen LogP contribution is 2.17. The maximum absolute atomic E-state index is 13.5. The molecule has 23 heavy (non-hydrogen) atoms. The fraction of sp³-hybridized carbons (Fsp3) is 0.467. The van der Waals surface area contributed by atoms with Crippen LogP contribution in [0.15, 0.2) is 18.2 Å². The molecule has 0 fully saturated rings. The Morgan fingerprint density at radius 2 is 1.91 bits per heavy atom. The first-order valence-corrected chi connectivity index (χ1v) is 6.78. The van der Waals surface area contributed by atoms with Gasteiger partial charge in [-0.3, -0.25) is 9.59 Å². The molecule has 3 N–H and O–H groups in total. The lowest BCUT2D eigenvalue weighted by molar-refractivity contribution is -0.174. The zero-order valence-electron chi connectivity index (χ0n) is 13.0. The second-order valence-corrected chi connectivity index (χ2v) is 5.86. The maximum Gasteiger partial charge on any atom is 0.324 e. The zero-order chi connectivity index (χ0) is 17.8. The smallest absolute Gasteiger partial charge is 0.324 e. The summed E-state index contributed by atoms with van der Waals surface area (Å²) < 4.78 is 36.3. The molecule has 6 nitrogen and oxygen atoms in total. The van der Waals surface area contributed by atoms with Crippen LogP contribution < -0.4 is 5.73 Å². The van der Waals surface area contributed by atoms with Crippen molar-refractivity contribution in [2.75, 3.05) is 0 Å². The minimum atomic E-state index is -1.77. The van der Waals surface area contributed by atoms with Crippen molar-refractivity contribution in [2.45, 2.75) is 39.2 Å². The van der Waals surface area contributed by atoms with Crippen LogP contribution in [0, 0.1) is 17.6 Å². The molecule has 0 amide bonds. The molecule has 1 rings (SSSR count). The van der Waals surface area contributed by atoms with E-state index in [0.717, 1.165) is 12.1 Å². The summed E-state index contributed by atoms with van der Waals surface area (Å²) in [5.41, 5.74) is 4.65. The minimum absolute atomic E-state index is 0.0184. The molecular formula is C15H19F2NO5. The summed E-state index contributed by atoms with van der Waals surface area (Å²) in [6.07, 6.45) is -1.55. The lowest BCUT2D eigenvalue weighted by atomic mass is 10.1. The molecule has 0 saturated carbocycles. The van der Waals surface area contributed by atoms with E-state index < -0.39 is 47.9 Å². The van der Waals surface area contributed by atoms with Gasteiger partial charge in [-0.2, -0.15) is 0 Å². The Kier molecular flexibility index (Phi) is 6.17. The molecule has 0 spiro atoms. The summed E-state index contributed by atoms with van der Waals surface area (Å²) in [7, 11) is 0. The lowest BCUT2D eigenvalue weighted by Gasteiger charge is -2.25. The fourth-order valence-corrected chi connectivity index (χ4v) is 1.66. The van der Waals surface area contributed by atoms with Gasteiger partial charge in [0.2, 0.25) is 0 Å². The summed E-state index contributed by atoms with van der Waals surface area (Å²) in [5, 5.41) is 9.11. The predicted octanol–water partition coefficient (Wildman–Crippen LogP) is 1.81. The van der Waals surface area contributed by atoms with Crippen molar-refractivity contribution >= 4 is 11.9 Å². The molecule has 0 heterocycles. The highest BCUT2D eigenvalue weighted by molar-refractivity contribution is 5.94. The number of carboxylic acid groups (broad SMARTS) is 1. The van der Waals surface area contributed by atoms with E-state index in [4.69, 9.17) is 20.3 Å². The molecule has 2 atom stereocenters. The SMILES string of the molecule is CC(C)(C)OC(=O)C(C(=O)O)C(N)OCc1ccc(F)cc1F. The van der Waals surface area contributed by atoms with Gasteiger partial charge in [-0.15, -0.1) is 0 Å². The third-order valence-electron chi connectivity index (χ3n) is 2.70. The highest BCUT2D eigenvalue weighted by Gasteiger charge is 2.37. The predicted molar refractivity (Wildman–Crippen MR) is 76.1 cm³/mol. The van der Waals surface area contributed by atoms with Crippen LogP contribution in [0.1, 0.15) is 26.3 Å². The van der Waals surface area contributed by atoms with Gasteiger partial charge in [-0.05, 0) is 26.8 Å². The maximum atomic E-state index is 13.5. The van der Waals surface area contributed by atoms with E-state index in [1.807, 2.05) is 0 Å². The monoisotopic (exact) mass is 331 g/mol. The van der Waals surface area contributed by atoms with Crippen molar-refractivity contribution in [3.05, 3.63) is 35.4 Å². The number of esters is 1. The molecule has 0 saturated heterocycles. The van der Waals surface area contributed by atoms with Gasteiger partial charge in [0.15, 0.2) is 5.92 Å². The normalized spacial score (nSPS) is 14.2. The Balaban J connectivity index is 2.77. The molecule has 0 aliphatic rings. The number of carboxylic acids is 1. The van der Waals surface area contributed by atoms with Crippen LogP contribution >= 0.6 is 0 Å². The average Bonchev–Trinajstić information content (AvgIpc) is 2.34. The van der Waals surface area contributed by atoms with Gasteiger partial charge in [0.25, 0.3) is 0 Å². The van der Waals surface area contributed by atoms with Gasteiger partial charge >= 0.3 is 11.9 Å². The van der Waals surface area contributed by atoms with E-state index in [1.54, 1.807) is 20.8 Å². The number of nitrogens with two attached hydrogens (primary N) is 1. The van der Waals surface area contributed by atoms with Crippen LogP contribution in [0.4, 0.5) is 8.78 Å². The van der Waals surface area contributed by atoms with E-state index >= 15 is 0 Å². The van der Waals surface area contributed by atoms with Gasteiger partial charge in [0.1, 0.15) is 23.5 Å². The van der Waals surface area contributed by atoms with E-state index in [9.17, 15) is 18.4 Å². The first-order valence-electron chi connectivity index (χ1n) is 6.78. The molecule has 0 bridgehead atoms. The van der Waals surface area contributed by atoms with Crippen LogP contribution in [0.3, 0.4) is 0 Å². The van der Waals surface area contributed by atoms with Crippen LogP contribution in [0.25, 0.3) is 0 Å². The van der Waals surface area contributed by atoms with Gasteiger partial charge in [-0.1, -0.05) is 6.07 Å². The van der Waals surface area contributed by atoms with Crippen molar-refractivity contribution < 1.29 is 33.0 Å². The number of halogens is 2. The zero-order valence-corrected chi connectivity index (χ0v) is 13.0.